The molecule has 0 atom stereocenters. The fourth-order valence-electron chi connectivity index (χ4n) is 2.24. The number of hydrogen-bond acceptors (Lipinski definition) is 4. The molecule has 25 heavy (non-hydrogen) atoms. The molecule has 0 aliphatic heterocycles. The van der Waals surface area contributed by atoms with Crippen molar-refractivity contribution in [2.24, 2.45) is 0 Å². The number of benzene rings is 2. The third kappa shape index (κ3) is 5.83. The monoisotopic (exact) mass is 428 g/mol. The van der Waals surface area contributed by atoms with Crippen molar-refractivity contribution in [1.29, 1.82) is 0 Å². The molecular weight excluding hydrogens is 408 g/mol. The summed E-state index contributed by atoms with van der Waals surface area (Å²) in [5.41, 5.74) is 8.02. The van der Waals surface area contributed by atoms with E-state index < -0.39 is 0 Å². The Morgan fingerprint density at radius 1 is 1.24 bits per heavy atom. The minimum atomic E-state index is -0.160. The Morgan fingerprint density at radius 3 is 2.52 bits per heavy atom. The summed E-state index contributed by atoms with van der Waals surface area (Å²) < 4.78 is 11.5. The lowest BCUT2D eigenvalue weighted by atomic mass is 10.1. The predicted octanol–water partition coefficient (Wildman–Crippen LogP) is 3.83. The van der Waals surface area contributed by atoms with Gasteiger partial charge in [-0.3, -0.25) is 4.79 Å². The average Bonchev–Trinajstić information content (AvgIpc) is 2.58. The average molecular weight is 430 g/mol. The molecule has 2 aromatic rings. The summed E-state index contributed by atoms with van der Waals surface area (Å²) in [5, 5.41) is 2.90. The highest BCUT2D eigenvalue weighted by molar-refractivity contribution is 9.10. The number of halogens is 2. The van der Waals surface area contributed by atoms with E-state index >= 15 is 0 Å². The number of hydrogen-bond donors (Lipinski definition) is 2. The first-order valence-electron chi connectivity index (χ1n) is 7.68. The number of rotatable bonds is 7. The maximum absolute atomic E-state index is 12.3. The van der Waals surface area contributed by atoms with Gasteiger partial charge in [0.05, 0.1) is 18.2 Å². The van der Waals surface area contributed by atoms with Gasteiger partial charge in [0, 0.05) is 17.8 Å². The van der Waals surface area contributed by atoms with Crippen LogP contribution in [0.25, 0.3) is 0 Å². The van der Waals surface area contributed by atoms with Crippen LogP contribution in [0, 0.1) is 0 Å². The first-order valence-corrected chi connectivity index (χ1v) is 8.47. The molecule has 0 aliphatic carbocycles. The zero-order valence-corrected chi connectivity index (χ0v) is 16.6. The molecule has 2 aromatic carbocycles. The van der Waals surface area contributed by atoms with E-state index in [0.717, 1.165) is 17.7 Å². The molecule has 0 saturated heterocycles. The third-order valence-corrected chi connectivity index (χ3v) is 4.05. The Kier molecular flexibility index (Phi) is 8.58. The summed E-state index contributed by atoms with van der Waals surface area (Å²) in [6.07, 6.45) is 0.737. The SMILES string of the molecule is CCOc1c(Br)cc(C(=O)NCCc2ccc(N)cc2)cc1OC.Cl. The predicted molar refractivity (Wildman–Crippen MR) is 106 cm³/mol. The lowest BCUT2D eigenvalue weighted by Crippen LogP contribution is -2.25. The molecule has 3 N–H and O–H groups in total. The van der Waals surface area contributed by atoms with Gasteiger partial charge in [0.25, 0.3) is 5.91 Å². The van der Waals surface area contributed by atoms with Gasteiger partial charge < -0.3 is 20.5 Å². The normalized spacial score (nSPS) is 9.88. The molecule has 0 radical (unpaired) electrons. The van der Waals surface area contributed by atoms with Gasteiger partial charge in [0.2, 0.25) is 0 Å². The molecule has 0 aromatic heterocycles. The molecule has 0 bridgehead atoms. The summed E-state index contributed by atoms with van der Waals surface area (Å²) >= 11 is 3.42. The molecule has 0 heterocycles. The minimum Gasteiger partial charge on any atom is -0.493 e. The number of nitrogens with two attached hydrogens (primary N) is 1. The maximum atomic E-state index is 12.3. The van der Waals surface area contributed by atoms with Crippen molar-refractivity contribution in [3.05, 3.63) is 52.0 Å². The first kappa shape index (κ1) is 21.1. The Balaban J connectivity index is 0.00000312. The van der Waals surface area contributed by atoms with Gasteiger partial charge in [-0.05, 0) is 59.1 Å². The molecule has 0 aliphatic rings. The van der Waals surface area contributed by atoms with Crippen LogP contribution in [0.2, 0.25) is 0 Å². The highest BCUT2D eigenvalue weighted by Gasteiger charge is 2.15. The lowest BCUT2D eigenvalue weighted by molar-refractivity contribution is 0.0953. The quantitative estimate of drug-likeness (QED) is 0.656. The highest BCUT2D eigenvalue weighted by Crippen LogP contribution is 2.36. The van der Waals surface area contributed by atoms with Gasteiger partial charge in [0.1, 0.15) is 0 Å². The number of nitrogen functional groups attached to an aromatic ring is 1. The number of methoxy groups -OCH3 is 1. The second kappa shape index (κ2) is 10.2. The van der Waals surface area contributed by atoms with Crippen molar-refractivity contribution in [2.75, 3.05) is 26.0 Å². The fourth-order valence-corrected chi connectivity index (χ4v) is 2.80. The summed E-state index contributed by atoms with van der Waals surface area (Å²) in [7, 11) is 1.55. The van der Waals surface area contributed by atoms with Crippen molar-refractivity contribution < 1.29 is 14.3 Å². The van der Waals surface area contributed by atoms with E-state index in [1.165, 1.54) is 0 Å². The number of carbonyl (C=O) groups excluding carboxylic acids is 1. The van der Waals surface area contributed by atoms with E-state index in [1.54, 1.807) is 19.2 Å². The molecule has 5 nitrogen and oxygen atoms in total. The Hall–Kier alpha value is -1.92. The van der Waals surface area contributed by atoms with Crippen LogP contribution in [0.5, 0.6) is 11.5 Å². The molecule has 7 heteroatoms. The number of anilines is 1. The van der Waals surface area contributed by atoms with E-state index in [4.69, 9.17) is 15.2 Å². The van der Waals surface area contributed by atoms with Crippen LogP contribution in [0.15, 0.2) is 40.9 Å². The summed E-state index contributed by atoms with van der Waals surface area (Å²) in [6.45, 7) is 2.95. The van der Waals surface area contributed by atoms with Crippen molar-refractivity contribution in [3.8, 4) is 11.5 Å². The smallest absolute Gasteiger partial charge is 0.251 e. The van der Waals surface area contributed by atoms with Gasteiger partial charge >= 0.3 is 0 Å². The zero-order valence-electron chi connectivity index (χ0n) is 14.2. The van der Waals surface area contributed by atoms with Crippen molar-refractivity contribution in [1.82, 2.24) is 5.32 Å². The fraction of sp³-hybridized carbons (Fsp3) is 0.278. The minimum absolute atomic E-state index is 0. The number of carbonyl (C=O) groups is 1. The van der Waals surface area contributed by atoms with Gasteiger partial charge in [-0.1, -0.05) is 12.1 Å². The number of amides is 1. The van der Waals surface area contributed by atoms with Crippen molar-refractivity contribution in [2.45, 2.75) is 13.3 Å². The van der Waals surface area contributed by atoms with Gasteiger partial charge in [-0.15, -0.1) is 12.4 Å². The van der Waals surface area contributed by atoms with Crippen molar-refractivity contribution >= 4 is 39.9 Å². The first-order chi connectivity index (χ1) is 11.5. The molecular formula is C18H22BrClN2O3. The number of nitrogens with one attached hydrogen (secondary N) is 1. The van der Waals surface area contributed by atoms with Crippen molar-refractivity contribution in [3.63, 3.8) is 0 Å². The van der Waals surface area contributed by atoms with Crippen LogP contribution in [0.3, 0.4) is 0 Å². The van der Waals surface area contributed by atoms with Crippen LogP contribution in [0.4, 0.5) is 5.69 Å². The lowest BCUT2D eigenvalue weighted by Gasteiger charge is -2.13. The van der Waals surface area contributed by atoms with Crippen LogP contribution in [-0.2, 0) is 6.42 Å². The zero-order chi connectivity index (χ0) is 17.5. The van der Waals surface area contributed by atoms with E-state index in [9.17, 15) is 4.79 Å². The largest absolute Gasteiger partial charge is 0.493 e. The van der Waals surface area contributed by atoms with Crippen LogP contribution in [-0.4, -0.2) is 26.2 Å². The summed E-state index contributed by atoms with van der Waals surface area (Å²) in [5.74, 6) is 0.959. The van der Waals surface area contributed by atoms with Crippen LogP contribution >= 0.6 is 28.3 Å². The van der Waals surface area contributed by atoms with Crippen LogP contribution < -0.4 is 20.5 Å². The Morgan fingerprint density at radius 2 is 1.92 bits per heavy atom. The molecule has 136 valence electrons. The molecule has 0 spiro atoms. The molecule has 0 fully saturated rings. The maximum Gasteiger partial charge on any atom is 0.251 e. The summed E-state index contributed by atoms with van der Waals surface area (Å²) in [4.78, 5) is 12.3. The molecule has 1 amide bonds. The number of ether oxygens (including phenoxy) is 2. The Labute approximate surface area is 162 Å². The van der Waals surface area contributed by atoms with E-state index in [0.29, 0.717) is 34.7 Å². The molecule has 2 rings (SSSR count). The van der Waals surface area contributed by atoms with Gasteiger partial charge in [-0.25, -0.2) is 0 Å². The van der Waals surface area contributed by atoms with E-state index in [2.05, 4.69) is 21.2 Å². The topological polar surface area (TPSA) is 73.6 Å². The second-order valence-corrected chi connectivity index (χ2v) is 6.02. The standard InChI is InChI=1S/C18H21BrN2O3.ClH/c1-3-24-17-15(19)10-13(11-16(17)23-2)18(22)21-9-8-12-4-6-14(20)7-5-12;/h4-7,10-11H,3,8-9,20H2,1-2H3,(H,21,22);1H. The molecule has 0 unspecified atom stereocenters. The van der Waals surface area contributed by atoms with Gasteiger partial charge in [0.15, 0.2) is 11.5 Å². The highest BCUT2D eigenvalue weighted by atomic mass is 79.9. The molecule has 0 saturated carbocycles. The van der Waals surface area contributed by atoms with E-state index in [1.807, 2.05) is 31.2 Å². The Bertz CT molecular complexity index is 708. The third-order valence-electron chi connectivity index (χ3n) is 3.46. The second-order valence-electron chi connectivity index (χ2n) is 5.17. The van der Waals surface area contributed by atoms with Gasteiger partial charge in [-0.2, -0.15) is 0 Å². The summed E-state index contributed by atoms with van der Waals surface area (Å²) in [6, 6.07) is 11.0. The van der Waals surface area contributed by atoms with Crippen LogP contribution in [0.1, 0.15) is 22.8 Å². The van der Waals surface area contributed by atoms with E-state index in [-0.39, 0.29) is 18.3 Å².